The van der Waals surface area contributed by atoms with Crippen molar-refractivity contribution in [1.29, 1.82) is 0 Å². The number of rotatable bonds is 1. The van der Waals surface area contributed by atoms with Gasteiger partial charge in [0.25, 0.3) is 0 Å². The Kier molecular flexibility index (Phi) is 2.63. The normalized spacial score (nSPS) is 12.0. The SMILES string of the molecule is Cl.NC(=O)c1ccc2c(c1)OCO2. The van der Waals surface area contributed by atoms with Crippen molar-refractivity contribution in [3.63, 3.8) is 0 Å². The number of hydrogen-bond acceptors (Lipinski definition) is 3. The van der Waals surface area contributed by atoms with Crippen molar-refractivity contribution in [2.24, 2.45) is 5.73 Å². The molecule has 5 heteroatoms. The number of halogens is 1. The van der Waals surface area contributed by atoms with Gasteiger partial charge < -0.3 is 15.2 Å². The average Bonchev–Trinajstić information content (AvgIpc) is 2.49. The molecule has 0 bridgehead atoms. The van der Waals surface area contributed by atoms with E-state index in [1.54, 1.807) is 18.2 Å². The van der Waals surface area contributed by atoms with E-state index < -0.39 is 5.91 Å². The van der Waals surface area contributed by atoms with E-state index in [1.165, 1.54) is 0 Å². The topological polar surface area (TPSA) is 61.6 Å². The molecule has 70 valence electrons. The number of fused-ring (bicyclic) bond motifs is 1. The summed E-state index contributed by atoms with van der Waals surface area (Å²) in [4.78, 5) is 10.7. The van der Waals surface area contributed by atoms with Gasteiger partial charge in [-0.15, -0.1) is 12.4 Å². The monoisotopic (exact) mass is 201 g/mol. The van der Waals surface area contributed by atoms with Gasteiger partial charge >= 0.3 is 0 Å². The Morgan fingerprint density at radius 2 is 2.00 bits per heavy atom. The molecule has 1 aromatic carbocycles. The molecule has 1 aromatic rings. The lowest BCUT2D eigenvalue weighted by atomic mass is 10.2. The molecular weight excluding hydrogens is 194 g/mol. The predicted molar refractivity (Wildman–Crippen MR) is 48.3 cm³/mol. The predicted octanol–water partition coefficient (Wildman–Crippen LogP) is 0.936. The molecule has 2 rings (SSSR count). The largest absolute Gasteiger partial charge is 0.454 e. The third kappa shape index (κ3) is 1.67. The fourth-order valence-electron chi connectivity index (χ4n) is 1.05. The molecule has 13 heavy (non-hydrogen) atoms. The summed E-state index contributed by atoms with van der Waals surface area (Å²) in [6.07, 6.45) is 0. The van der Waals surface area contributed by atoms with E-state index in [1.807, 2.05) is 0 Å². The summed E-state index contributed by atoms with van der Waals surface area (Å²) < 4.78 is 10.1. The Bertz CT molecular complexity index is 340. The quantitative estimate of drug-likeness (QED) is 0.736. The second-order valence-electron chi connectivity index (χ2n) is 2.43. The maximum Gasteiger partial charge on any atom is 0.248 e. The molecule has 0 aliphatic carbocycles. The van der Waals surface area contributed by atoms with Crippen molar-refractivity contribution in [1.82, 2.24) is 0 Å². The van der Waals surface area contributed by atoms with Crippen molar-refractivity contribution in [2.45, 2.75) is 0 Å². The van der Waals surface area contributed by atoms with Gasteiger partial charge in [-0.05, 0) is 18.2 Å². The Hall–Kier alpha value is -1.42. The summed E-state index contributed by atoms with van der Waals surface area (Å²) in [7, 11) is 0. The van der Waals surface area contributed by atoms with Gasteiger partial charge in [-0.3, -0.25) is 4.79 Å². The van der Waals surface area contributed by atoms with Gasteiger partial charge in [0.1, 0.15) is 0 Å². The molecule has 1 heterocycles. The highest BCUT2D eigenvalue weighted by molar-refractivity contribution is 5.93. The maximum absolute atomic E-state index is 10.7. The van der Waals surface area contributed by atoms with Crippen molar-refractivity contribution >= 4 is 18.3 Å². The van der Waals surface area contributed by atoms with Crippen LogP contribution in [0.15, 0.2) is 18.2 Å². The first kappa shape index (κ1) is 9.67. The molecule has 0 unspecified atom stereocenters. The number of ether oxygens (including phenoxy) is 2. The molecule has 1 aliphatic rings. The van der Waals surface area contributed by atoms with Crippen molar-refractivity contribution in [2.75, 3.05) is 6.79 Å². The lowest BCUT2D eigenvalue weighted by Crippen LogP contribution is -2.10. The molecule has 1 amide bonds. The van der Waals surface area contributed by atoms with Gasteiger partial charge in [0, 0.05) is 5.56 Å². The Morgan fingerprint density at radius 1 is 1.31 bits per heavy atom. The van der Waals surface area contributed by atoms with Crippen LogP contribution in [0.2, 0.25) is 0 Å². The van der Waals surface area contributed by atoms with E-state index in [4.69, 9.17) is 15.2 Å². The standard InChI is InChI=1S/C8H7NO3.ClH/c9-8(10)5-1-2-6-7(3-5)12-4-11-6;/h1-3H,4H2,(H2,9,10);1H. The first-order valence-corrected chi connectivity index (χ1v) is 3.47. The van der Waals surface area contributed by atoms with E-state index in [-0.39, 0.29) is 19.2 Å². The fraction of sp³-hybridized carbons (Fsp3) is 0.125. The summed E-state index contributed by atoms with van der Waals surface area (Å²) in [5.74, 6) is 0.764. The van der Waals surface area contributed by atoms with Crippen LogP contribution < -0.4 is 15.2 Å². The van der Waals surface area contributed by atoms with E-state index in [9.17, 15) is 4.79 Å². The van der Waals surface area contributed by atoms with Crippen LogP contribution in [0.4, 0.5) is 0 Å². The number of carbonyl (C=O) groups is 1. The summed E-state index contributed by atoms with van der Waals surface area (Å²) in [5, 5.41) is 0. The smallest absolute Gasteiger partial charge is 0.248 e. The maximum atomic E-state index is 10.7. The van der Waals surface area contributed by atoms with Crippen LogP contribution in [0.3, 0.4) is 0 Å². The minimum Gasteiger partial charge on any atom is -0.454 e. The minimum absolute atomic E-state index is 0. The zero-order valence-electron chi connectivity index (χ0n) is 6.65. The molecule has 0 radical (unpaired) electrons. The van der Waals surface area contributed by atoms with Crippen LogP contribution >= 0.6 is 12.4 Å². The highest BCUT2D eigenvalue weighted by Crippen LogP contribution is 2.32. The van der Waals surface area contributed by atoms with Crippen LogP contribution in [0.1, 0.15) is 10.4 Å². The van der Waals surface area contributed by atoms with E-state index >= 15 is 0 Å². The second kappa shape index (κ2) is 3.53. The molecule has 1 aliphatic heterocycles. The number of hydrogen-bond donors (Lipinski definition) is 1. The molecule has 0 aromatic heterocycles. The third-order valence-corrected chi connectivity index (χ3v) is 1.66. The van der Waals surface area contributed by atoms with Crippen molar-refractivity contribution < 1.29 is 14.3 Å². The van der Waals surface area contributed by atoms with Gasteiger partial charge in [0.05, 0.1) is 0 Å². The lowest BCUT2D eigenvalue weighted by Gasteiger charge is -1.97. The molecule has 4 nitrogen and oxygen atoms in total. The zero-order chi connectivity index (χ0) is 8.55. The Balaban J connectivity index is 0.000000845. The molecule has 2 N–H and O–H groups in total. The van der Waals surface area contributed by atoms with Crippen molar-refractivity contribution in [3.05, 3.63) is 23.8 Å². The number of primary amides is 1. The van der Waals surface area contributed by atoms with Gasteiger partial charge in [-0.1, -0.05) is 0 Å². The minimum atomic E-state index is -0.465. The highest BCUT2D eigenvalue weighted by Gasteiger charge is 2.14. The Morgan fingerprint density at radius 3 is 2.69 bits per heavy atom. The summed E-state index contributed by atoms with van der Waals surface area (Å²) in [6, 6.07) is 4.85. The van der Waals surface area contributed by atoms with Gasteiger partial charge in [-0.25, -0.2) is 0 Å². The van der Waals surface area contributed by atoms with Crippen LogP contribution in [-0.2, 0) is 0 Å². The van der Waals surface area contributed by atoms with Crippen LogP contribution in [0.25, 0.3) is 0 Å². The number of carbonyl (C=O) groups excluding carboxylic acids is 1. The number of nitrogens with two attached hydrogens (primary N) is 1. The summed E-state index contributed by atoms with van der Waals surface area (Å²) in [5.41, 5.74) is 5.50. The molecule has 0 fully saturated rings. The summed E-state index contributed by atoms with van der Waals surface area (Å²) >= 11 is 0. The lowest BCUT2D eigenvalue weighted by molar-refractivity contribution is 0.1000. The number of amides is 1. The fourth-order valence-corrected chi connectivity index (χ4v) is 1.05. The van der Waals surface area contributed by atoms with Gasteiger partial charge in [0.15, 0.2) is 11.5 Å². The molecule has 0 saturated carbocycles. The number of benzene rings is 1. The van der Waals surface area contributed by atoms with Gasteiger partial charge in [-0.2, -0.15) is 0 Å². The highest BCUT2D eigenvalue weighted by atomic mass is 35.5. The average molecular weight is 202 g/mol. The first-order chi connectivity index (χ1) is 5.77. The van der Waals surface area contributed by atoms with Crippen LogP contribution in [0.5, 0.6) is 11.5 Å². The molecule has 0 saturated heterocycles. The first-order valence-electron chi connectivity index (χ1n) is 3.47. The van der Waals surface area contributed by atoms with Gasteiger partial charge in [0.2, 0.25) is 12.7 Å². The molecular formula is C8H8ClNO3. The van der Waals surface area contributed by atoms with Crippen molar-refractivity contribution in [3.8, 4) is 11.5 Å². The van der Waals surface area contributed by atoms with E-state index in [0.29, 0.717) is 17.1 Å². The molecule has 0 spiro atoms. The van der Waals surface area contributed by atoms with E-state index in [0.717, 1.165) is 0 Å². The third-order valence-electron chi connectivity index (χ3n) is 1.66. The summed E-state index contributed by atoms with van der Waals surface area (Å²) in [6.45, 7) is 0.206. The molecule has 0 atom stereocenters. The van der Waals surface area contributed by atoms with Crippen LogP contribution in [-0.4, -0.2) is 12.7 Å². The second-order valence-corrected chi connectivity index (χ2v) is 2.43. The Labute approximate surface area is 81.0 Å². The van der Waals surface area contributed by atoms with E-state index in [2.05, 4.69) is 0 Å². The van der Waals surface area contributed by atoms with Crippen LogP contribution in [0, 0.1) is 0 Å². The zero-order valence-corrected chi connectivity index (χ0v) is 7.47.